The van der Waals surface area contributed by atoms with Crippen LogP contribution in [0, 0.1) is 0 Å². The van der Waals surface area contributed by atoms with Crippen molar-refractivity contribution in [3.05, 3.63) is 68.6 Å². The number of ketones is 1. The van der Waals surface area contributed by atoms with Crippen molar-refractivity contribution < 1.29 is 18.7 Å². The van der Waals surface area contributed by atoms with Crippen LogP contribution in [0.5, 0.6) is 0 Å². The number of carbonyl (C=O) groups is 2. The number of benzene rings is 2. The van der Waals surface area contributed by atoms with Crippen LogP contribution in [0.2, 0.25) is 0 Å². The van der Waals surface area contributed by atoms with Crippen molar-refractivity contribution in [2.75, 3.05) is 6.61 Å². The summed E-state index contributed by atoms with van der Waals surface area (Å²) in [5, 5.41) is 2.09. The van der Waals surface area contributed by atoms with Gasteiger partial charge in [-0.25, -0.2) is 0 Å². The third kappa shape index (κ3) is 3.08. The number of fused-ring (bicyclic) bond motifs is 4. The van der Waals surface area contributed by atoms with Gasteiger partial charge >= 0.3 is 5.97 Å². The van der Waals surface area contributed by atoms with Crippen LogP contribution in [-0.4, -0.2) is 22.9 Å². The van der Waals surface area contributed by atoms with E-state index in [0.717, 1.165) is 10.8 Å². The van der Waals surface area contributed by atoms with E-state index in [2.05, 4.69) is 0 Å². The summed E-state index contributed by atoms with van der Waals surface area (Å²) in [6.45, 7) is 3.66. The highest BCUT2D eigenvalue weighted by atomic mass is 16.5. The molecule has 0 radical (unpaired) electrons. The Labute approximate surface area is 170 Å². The highest BCUT2D eigenvalue weighted by Crippen LogP contribution is 2.26. The van der Waals surface area contributed by atoms with Gasteiger partial charge in [0.25, 0.3) is 5.56 Å². The Morgan fingerprint density at radius 1 is 1.03 bits per heavy atom. The van der Waals surface area contributed by atoms with Crippen LogP contribution in [-0.2, 0) is 16.1 Å². The van der Waals surface area contributed by atoms with Crippen LogP contribution in [0.3, 0.4) is 0 Å². The molecule has 7 nitrogen and oxygen atoms in total. The van der Waals surface area contributed by atoms with Gasteiger partial charge in [-0.2, -0.15) is 0 Å². The van der Waals surface area contributed by atoms with Crippen molar-refractivity contribution in [3.63, 3.8) is 0 Å². The molecule has 0 atom stereocenters. The molecule has 0 aliphatic heterocycles. The molecule has 0 N–H and O–H groups in total. The van der Waals surface area contributed by atoms with Crippen molar-refractivity contribution in [1.82, 2.24) is 4.57 Å². The second-order valence-electron chi connectivity index (χ2n) is 6.82. The molecular weight excluding hydrogens is 386 g/mol. The summed E-state index contributed by atoms with van der Waals surface area (Å²) in [6.07, 6.45) is -0.569. The second kappa shape index (κ2) is 7.59. The summed E-state index contributed by atoms with van der Waals surface area (Å²) in [5.41, 5.74) is -0.719. The topological polar surface area (TPSA) is 95.6 Å². The van der Waals surface area contributed by atoms with E-state index in [9.17, 15) is 19.2 Å². The first kappa shape index (κ1) is 19.6. The number of aromatic nitrogens is 1. The standard InChI is InChI=1S/C23H19NO6/c1-3-24-22(28)15(17(25)12-19(26)29-4-2)11-16-21(27)20-14-8-6-5-7-13(14)9-10-18(20)30-23(16)24/h5-11H,3-4,12H2,1-2H3. The minimum atomic E-state index is -0.721. The Bertz CT molecular complexity index is 1440. The van der Waals surface area contributed by atoms with Crippen LogP contribution in [0.1, 0.15) is 30.6 Å². The molecule has 0 amide bonds. The molecule has 0 unspecified atom stereocenters. The monoisotopic (exact) mass is 405 g/mol. The van der Waals surface area contributed by atoms with Gasteiger partial charge in [-0.15, -0.1) is 0 Å². The first-order valence-corrected chi connectivity index (χ1v) is 9.67. The number of Topliss-reactive ketones (excluding diaryl/α,β-unsaturated/α-hetero) is 1. The summed E-state index contributed by atoms with van der Waals surface area (Å²) in [4.78, 5) is 50.6. The molecule has 4 rings (SSSR count). The molecule has 152 valence electrons. The molecule has 0 aliphatic carbocycles. The summed E-state index contributed by atoms with van der Waals surface area (Å²) in [6, 6.07) is 12.2. The summed E-state index contributed by atoms with van der Waals surface area (Å²) in [5.74, 6) is -1.42. The molecule has 0 saturated carbocycles. The summed E-state index contributed by atoms with van der Waals surface area (Å²) >= 11 is 0. The maximum absolute atomic E-state index is 13.4. The maximum Gasteiger partial charge on any atom is 0.313 e. The third-order valence-corrected chi connectivity index (χ3v) is 5.04. The van der Waals surface area contributed by atoms with E-state index < -0.39 is 23.7 Å². The zero-order valence-electron chi connectivity index (χ0n) is 16.6. The fourth-order valence-corrected chi connectivity index (χ4v) is 3.66. The molecule has 7 heteroatoms. The van der Waals surface area contributed by atoms with Crippen LogP contribution < -0.4 is 11.0 Å². The number of nitrogens with zero attached hydrogens (tertiary/aromatic N) is 1. The van der Waals surface area contributed by atoms with Crippen molar-refractivity contribution in [2.24, 2.45) is 0 Å². The molecule has 0 spiro atoms. The lowest BCUT2D eigenvalue weighted by Gasteiger charge is -2.11. The fourth-order valence-electron chi connectivity index (χ4n) is 3.66. The smallest absolute Gasteiger partial charge is 0.313 e. The second-order valence-corrected chi connectivity index (χ2v) is 6.82. The average molecular weight is 405 g/mol. The van der Waals surface area contributed by atoms with E-state index in [1.54, 1.807) is 19.9 Å². The maximum atomic E-state index is 13.4. The van der Waals surface area contributed by atoms with E-state index >= 15 is 0 Å². The van der Waals surface area contributed by atoms with E-state index in [-0.39, 0.29) is 35.2 Å². The number of pyridine rings is 1. The number of aryl methyl sites for hydroxylation is 1. The lowest BCUT2D eigenvalue weighted by molar-refractivity contribution is -0.141. The highest BCUT2D eigenvalue weighted by molar-refractivity contribution is 6.10. The summed E-state index contributed by atoms with van der Waals surface area (Å²) in [7, 11) is 0. The Hall–Kier alpha value is -3.74. The molecular formula is C23H19NO6. The quantitative estimate of drug-likeness (QED) is 0.166. The third-order valence-electron chi connectivity index (χ3n) is 5.04. The molecule has 0 fully saturated rings. The largest absolute Gasteiger partial charge is 0.466 e. The Kier molecular flexibility index (Phi) is 4.95. The van der Waals surface area contributed by atoms with Crippen molar-refractivity contribution in [2.45, 2.75) is 26.8 Å². The van der Waals surface area contributed by atoms with Gasteiger partial charge in [0.05, 0.1) is 22.9 Å². The van der Waals surface area contributed by atoms with E-state index in [0.29, 0.717) is 11.0 Å². The number of hydrogen-bond donors (Lipinski definition) is 0. The zero-order chi connectivity index (χ0) is 21.4. The number of rotatable bonds is 5. The minimum Gasteiger partial charge on any atom is -0.466 e. The molecule has 2 aromatic heterocycles. The number of esters is 1. The van der Waals surface area contributed by atoms with Gasteiger partial charge in [-0.05, 0) is 36.8 Å². The molecule has 2 aromatic carbocycles. The normalized spacial score (nSPS) is 11.3. The SMILES string of the molecule is CCOC(=O)CC(=O)c1cc2c(=O)c3c(ccc4ccccc43)oc2n(CC)c1=O. The molecule has 0 aliphatic rings. The summed E-state index contributed by atoms with van der Waals surface area (Å²) < 4.78 is 12.0. The van der Waals surface area contributed by atoms with Gasteiger partial charge < -0.3 is 9.15 Å². The highest BCUT2D eigenvalue weighted by Gasteiger charge is 2.22. The molecule has 0 saturated heterocycles. The predicted molar refractivity (Wildman–Crippen MR) is 113 cm³/mol. The van der Waals surface area contributed by atoms with Gasteiger partial charge in [0.15, 0.2) is 5.78 Å². The number of carbonyl (C=O) groups excluding carboxylic acids is 2. The number of hydrogen-bond acceptors (Lipinski definition) is 6. The van der Waals surface area contributed by atoms with Crippen LogP contribution in [0.25, 0.3) is 32.8 Å². The first-order valence-electron chi connectivity index (χ1n) is 9.67. The van der Waals surface area contributed by atoms with Crippen LogP contribution >= 0.6 is 0 Å². The minimum absolute atomic E-state index is 0.1000. The average Bonchev–Trinajstić information content (AvgIpc) is 2.73. The molecule has 0 bridgehead atoms. The van der Waals surface area contributed by atoms with Crippen molar-refractivity contribution >= 4 is 44.6 Å². The zero-order valence-corrected chi connectivity index (χ0v) is 16.6. The number of ether oxygens (including phenoxy) is 1. The Morgan fingerprint density at radius 2 is 1.80 bits per heavy atom. The van der Waals surface area contributed by atoms with Crippen LogP contribution in [0.4, 0.5) is 0 Å². The Balaban J connectivity index is 2.05. The lowest BCUT2D eigenvalue weighted by atomic mass is 10.0. The van der Waals surface area contributed by atoms with Crippen molar-refractivity contribution in [1.29, 1.82) is 0 Å². The molecule has 4 aromatic rings. The van der Waals surface area contributed by atoms with E-state index in [1.807, 2.05) is 30.3 Å². The molecule has 2 heterocycles. The predicted octanol–water partition coefficient (Wildman–Crippen LogP) is 3.42. The molecule has 30 heavy (non-hydrogen) atoms. The van der Waals surface area contributed by atoms with Crippen LogP contribution in [0.15, 0.2) is 56.5 Å². The van der Waals surface area contributed by atoms with E-state index in [1.165, 1.54) is 10.6 Å². The lowest BCUT2D eigenvalue weighted by Crippen LogP contribution is -2.28. The Morgan fingerprint density at radius 3 is 2.53 bits per heavy atom. The van der Waals surface area contributed by atoms with Gasteiger partial charge in [0.1, 0.15) is 12.0 Å². The van der Waals surface area contributed by atoms with Crippen molar-refractivity contribution in [3.8, 4) is 0 Å². The van der Waals surface area contributed by atoms with Gasteiger partial charge in [-0.1, -0.05) is 30.3 Å². The van der Waals surface area contributed by atoms with Gasteiger partial charge in [0, 0.05) is 6.54 Å². The van der Waals surface area contributed by atoms with Gasteiger partial charge in [-0.3, -0.25) is 23.7 Å². The van der Waals surface area contributed by atoms with Gasteiger partial charge in [0.2, 0.25) is 11.1 Å². The first-order chi connectivity index (χ1) is 14.5. The fraction of sp³-hybridized carbons (Fsp3) is 0.217. The van der Waals surface area contributed by atoms with E-state index in [4.69, 9.17) is 9.15 Å².